The number of hydrogen-bond acceptors (Lipinski definition) is 13. The third-order valence-electron chi connectivity index (χ3n) is 11.5. The molecule has 0 aromatic rings. The van der Waals surface area contributed by atoms with Gasteiger partial charge in [0.2, 0.25) is 47.3 Å². The highest BCUT2D eigenvalue weighted by atomic mass is 32.2. The van der Waals surface area contributed by atoms with Gasteiger partial charge >= 0.3 is 5.97 Å². The number of nitrogens with two attached hydrogens (primary N) is 3. The second-order valence-corrected chi connectivity index (χ2v) is 18.3. The minimum atomic E-state index is -1.75. The fraction of sp³-hybridized carbons (Fsp3) is 0.767. The molecule has 1 fully saturated rings. The molecule has 1 saturated heterocycles. The molecular formula is C43H76N10O11S. The highest BCUT2D eigenvalue weighted by Crippen LogP contribution is 2.21. The number of aldehydes is 1. The Labute approximate surface area is 387 Å². The number of nitrogens with one attached hydrogen (secondary N) is 6. The molecule has 0 radical (unpaired) electrons. The predicted molar refractivity (Wildman–Crippen MR) is 245 cm³/mol. The number of carbonyl (C=O) groups is 10. The number of aliphatic carboxylic acids is 1. The first kappa shape index (κ1) is 58.2. The minimum absolute atomic E-state index is 0.0333. The van der Waals surface area contributed by atoms with Crippen LogP contribution in [-0.4, -0.2) is 143 Å². The van der Waals surface area contributed by atoms with E-state index in [0.29, 0.717) is 50.6 Å². The van der Waals surface area contributed by atoms with Gasteiger partial charge in [-0.1, -0.05) is 54.4 Å². The van der Waals surface area contributed by atoms with E-state index in [-0.39, 0.29) is 57.0 Å². The SMILES string of the molecule is CC[C@H](C)[C@H](N)C(=O)N[C@@H](CCSC)C(=O)N1CCC[C@H]1C(=O)N[C@@H](CCCCN)C(=O)N[C@@H](CC(=O)O)C(=O)N[C@H](C(=O)N[C@@H](CCC(N)=O)C(=O)N[C@H](C=O)CC(C)C)[C@@H](C)CC. The number of amides is 8. The van der Waals surface area contributed by atoms with Crippen LogP contribution in [0.4, 0.5) is 0 Å². The maximum Gasteiger partial charge on any atom is 0.305 e. The molecule has 8 amide bonds. The van der Waals surface area contributed by atoms with Crippen molar-refractivity contribution in [3.63, 3.8) is 0 Å². The molecule has 1 aliphatic rings. The minimum Gasteiger partial charge on any atom is -0.481 e. The molecule has 10 atom stereocenters. The van der Waals surface area contributed by atoms with Gasteiger partial charge in [0.15, 0.2) is 0 Å². The van der Waals surface area contributed by atoms with E-state index in [1.54, 1.807) is 13.8 Å². The quantitative estimate of drug-likeness (QED) is 0.0291. The molecule has 0 unspecified atom stereocenters. The normalized spacial score (nSPS) is 17.8. The molecule has 370 valence electrons. The van der Waals surface area contributed by atoms with Crippen LogP contribution in [0.3, 0.4) is 0 Å². The fourth-order valence-corrected chi connectivity index (χ4v) is 7.65. The molecule has 0 saturated carbocycles. The van der Waals surface area contributed by atoms with Crippen LogP contribution in [0.2, 0.25) is 0 Å². The fourth-order valence-electron chi connectivity index (χ4n) is 7.17. The van der Waals surface area contributed by atoms with Gasteiger partial charge in [-0.15, -0.1) is 0 Å². The van der Waals surface area contributed by atoms with E-state index >= 15 is 0 Å². The topological polar surface area (TPSA) is 344 Å². The summed E-state index contributed by atoms with van der Waals surface area (Å²) in [5.41, 5.74) is 17.2. The van der Waals surface area contributed by atoms with Crippen LogP contribution in [0.25, 0.3) is 0 Å². The summed E-state index contributed by atoms with van der Waals surface area (Å²) in [5.74, 6) is -7.60. The van der Waals surface area contributed by atoms with Crippen molar-refractivity contribution in [3.8, 4) is 0 Å². The number of rotatable bonds is 32. The molecule has 0 aromatic carbocycles. The van der Waals surface area contributed by atoms with Crippen molar-refractivity contribution in [1.29, 1.82) is 0 Å². The van der Waals surface area contributed by atoms with E-state index in [9.17, 15) is 53.1 Å². The van der Waals surface area contributed by atoms with Crippen LogP contribution in [-0.2, 0) is 47.9 Å². The number of unbranched alkanes of at least 4 members (excludes halogenated alkanes) is 1. The first-order valence-electron chi connectivity index (χ1n) is 22.7. The number of carbonyl (C=O) groups excluding carboxylic acids is 9. The van der Waals surface area contributed by atoms with Gasteiger partial charge in [0.05, 0.1) is 18.5 Å². The summed E-state index contributed by atoms with van der Waals surface area (Å²) in [6, 6.07) is -9.47. The molecule has 0 bridgehead atoms. The van der Waals surface area contributed by atoms with Crippen molar-refractivity contribution in [2.75, 3.05) is 25.1 Å². The molecule has 1 heterocycles. The maximum atomic E-state index is 14.0. The van der Waals surface area contributed by atoms with Crippen molar-refractivity contribution < 1.29 is 53.1 Å². The molecule has 0 spiro atoms. The van der Waals surface area contributed by atoms with Crippen molar-refractivity contribution in [3.05, 3.63) is 0 Å². The highest BCUT2D eigenvalue weighted by Gasteiger charge is 2.40. The van der Waals surface area contributed by atoms with E-state index in [2.05, 4.69) is 31.9 Å². The van der Waals surface area contributed by atoms with Crippen LogP contribution in [0, 0.1) is 17.8 Å². The number of thioether (sulfide) groups is 1. The van der Waals surface area contributed by atoms with Crippen molar-refractivity contribution in [2.45, 2.75) is 167 Å². The maximum absolute atomic E-state index is 14.0. The second kappa shape index (κ2) is 30.4. The Morgan fingerprint density at radius 2 is 1.34 bits per heavy atom. The van der Waals surface area contributed by atoms with Gasteiger partial charge in [-0.25, -0.2) is 0 Å². The third-order valence-corrected chi connectivity index (χ3v) is 12.2. The van der Waals surface area contributed by atoms with Crippen LogP contribution >= 0.6 is 11.8 Å². The molecule has 21 nitrogen and oxygen atoms in total. The summed E-state index contributed by atoms with van der Waals surface area (Å²) < 4.78 is 0. The first-order valence-corrected chi connectivity index (χ1v) is 24.1. The van der Waals surface area contributed by atoms with E-state index in [0.717, 1.165) is 0 Å². The van der Waals surface area contributed by atoms with E-state index in [4.69, 9.17) is 17.2 Å². The monoisotopic (exact) mass is 941 g/mol. The number of primary amides is 1. The van der Waals surface area contributed by atoms with E-state index in [1.165, 1.54) is 16.7 Å². The van der Waals surface area contributed by atoms with Crippen molar-refractivity contribution >= 4 is 71.3 Å². The number of hydrogen-bond donors (Lipinski definition) is 10. The van der Waals surface area contributed by atoms with Crippen LogP contribution in [0.1, 0.15) is 119 Å². The summed E-state index contributed by atoms with van der Waals surface area (Å²) >= 11 is 1.48. The zero-order valence-corrected chi connectivity index (χ0v) is 40.0. The third kappa shape index (κ3) is 20.5. The van der Waals surface area contributed by atoms with E-state index in [1.807, 2.05) is 34.0 Å². The van der Waals surface area contributed by atoms with Gasteiger partial charge < -0.3 is 63.9 Å². The summed E-state index contributed by atoms with van der Waals surface area (Å²) in [7, 11) is 0. The Bertz CT molecular complexity index is 1620. The summed E-state index contributed by atoms with van der Waals surface area (Å²) in [6.07, 6.45) is 4.08. The lowest BCUT2D eigenvalue weighted by molar-refractivity contribution is -0.143. The standard InChI is InChI=1S/C43H76N10O11S/c1-8-25(5)35(46)41(62)50-30(17-20-65-7)43(64)53-19-12-14-32(53)40(61)48-28(13-10-11-18-44)38(59)51-31(22-34(56)57)39(60)52-36(26(6)9-2)42(63)49-29(15-16-33(45)55)37(58)47-27(23-54)21-24(3)4/h23-32,35-36H,8-22,44,46H2,1-7H3,(H2,45,55)(H,47,58)(H,48,61)(H,49,63)(H,50,62)(H,51,59)(H,52,60)(H,56,57)/t25-,26-,27-,28-,29-,30-,31-,32-,35-,36-/m0/s1. The largest absolute Gasteiger partial charge is 0.481 e. The summed E-state index contributed by atoms with van der Waals surface area (Å²) in [4.78, 5) is 133. The first-order chi connectivity index (χ1) is 30.6. The zero-order valence-electron chi connectivity index (χ0n) is 39.2. The average Bonchev–Trinajstić information content (AvgIpc) is 3.76. The zero-order chi connectivity index (χ0) is 49.4. The van der Waals surface area contributed by atoms with Gasteiger partial charge in [0.1, 0.15) is 42.5 Å². The molecule has 0 aromatic heterocycles. The van der Waals surface area contributed by atoms with Gasteiger partial charge in [-0.2, -0.15) is 11.8 Å². The molecule has 65 heavy (non-hydrogen) atoms. The predicted octanol–water partition coefficient (Wildman–Crippen LogP) is -0.827. The van der Waals surface area contributed by atoms with Gasteiger partial charge in [-0.3, -0.25) is 43.2 Å². The Hall–Kier alpha value is -4.83. The highest BCUT2D eigenvalue weighted by molar-refractivity contribution is 7.98. The molecule has 0 aliphatic carbocycles. The molecule has 22 heteroatoms. The van der Waals surface area contributed by atoms with Gasteiger partial charge in [0, 0.05) is 13.0 Å². The summed E-state index contributed by atoms with van der Waals surface area (Å²) in [6.45, 7) is 11.3. The number of carboxylic acids is 1. The molecule has 1 aliphatic heterocycles. The molecule has 13 N–H and O–H groups in total. The summed E-state index contributed by atoms with van der Waals surface area (Å²) in [5, 5.41) is 25.3. The second-order valence-electron chi connectivity index (χ2n) is 17.3. The molecule has 1 rings (SSSR count). The number of likely N-dealkylation sites (tertiary alicyclic amines) is 1. The van der Waals surface area contributed by atoms with Crippen molar-refractivity contribution in [1.82, 2.24) is 36.8 Å². The van der Waals surface area contributed by atoms with Crippen molar-refractivity contribution in [2.24, 2.45) is 35.0 Å². The number of carboxylic acid groups (broad SMARTS) is 1. The van der Waals surface area contributed by atoms with Crippen LogP contribution in [0.5, 0.6) is 0 Å². The Morgan fingerprint density at radius 1 is 0.754 bits per heavy atom. The van der Waals surface area contributed by atoms with Crippen LogP contribution < -0.4 is 49.1 Å². The lowest BCUT2D eigenvalue weighted by Crippen LogP contribution is -2.61. The Kier molecular flexibility index (Phi) is 27.2. The molecular weight excluding hydrogens is 865 g/mol. The lowest BCUT2D eigenvalue weighted by Gasteiger charge is -2.31. The number of nitrogens with zero attached hydrogens (tertiary/aromatic N) is 1. The van der Waals surface area contributed by atoms with Gasteiger partial charge in [-0.05, 0) is 87.7 Å². The Morgan fingerprint density at radius 3 is 1.89 bits per heavy atom. The van der Waals surface area contributed by atoms with E-state index < -0.39 is 114 Å². The average molecular weight is 941 g/mol. The van der Waals surface area contributed by atoms with Gasteiger partial charge in [0.25, 0.3) is 0 Å². The lowest BCUT2D eigenvalue weighted by atomic mass is 9.96. The van der Waals surface area contributed by atoms with Crippen LogP contribution in [0.15, 0.2) is 0 Å². The Balaban J connectivity index is 3.38. The smallest absolute Gasteiger partial charge is 0.305 e.